The predicted octanol–water partition coefficient (Wildman–Crippen LogP) is 2.04. The molecular formula is C19H26N4O2. The summed E-state index contributed by atoms with van der Waals surface area (Å²) in [6.07, 6.45) is 4.07. The number of H-pyrrole nitrogens is 1. The highest BCUT2D eigenvalue weighted by Gasteiger charge is 2.26. The van der Waals surface area contributed by atoms with Gasteiger partial charge in [-0.05, 0) is 44.4 Å². The summed E-state index contributed by atoms with van der Waals surface area (Å²) in [5, 5.41) is 3.16. The van der Waals surface area contributed by atoms with Crippen LogP contribution in [0.3, 0.4) is 0 Å². The fraction of sp³-hybridized carbons (Fsp3) is 0.579. The highest BCUT2D eigenvalue weighted by atomic mass is 16.5. The fourth-order valence-electron chi connectivity index (χ4n) is 3.91. The molecule has 0 spiro atoms. The van der Waals surface area contributed by atoms with Gasteiger partial charge in [-0.25, -0.2) is 4.98 Å². The molecule has 2 aromatic rings. The SMILES string of the molecule is O=C(CN1CCCC(c2nc3ccccc3[nH]2)C1)NC1CCOCC1. The van der Waals surface area contributed by atoms with Gasteiger partial charge in [0.25, 0.3) is 0 Å². The van der Waals surface area contributed by atoms with E-state index in [0.29, 0.717) is 12.5 Å². The molecule has 1 amide bonds. The van der Waals surface area contributed by atoms with E-state index in [-0.39, 0.29) is 11.9 Å². The molecule has 2 fully saturated rings. The minimum atomic E-state index is 0.136. The molecule has 1 unspecified atom stereocenters. The fourth-order valence-corrected chi connectivity index (χ4v) is 3.91. The third-order valence-electron chi connectivity index (χ3n) is 5.25. The van der Waals surface area contributed by atoms with Crippen LogP contribution >= 0.6 is 0 Å². The number of rotatable bonds is 4. The average molecular weight is 342 g/mol. The minimum absolute atomic E-state index is 0.136. The average Bonchev–Trinajstić information content (AvgIpc) is 3.07. The van der Waals surface area contributed by atoms with Gasteiger partial charge in [0, 0.05) is 31.7 Å². The first-order valence-corrected chi connectivity index (χ1v) is 9.32. The molecule has 0 aliphatic carbocycles. The lowest BCUT2D eigenvalue weighted by Gasteiger charge is -2.32. The van der Waals surface area contributed by atoms with E-state index in [2.05, 4.69) is 21.3 Å². The minimum Gasteiger partial charge on any atom is -0.381 e. The second-order valence-electron chi connectivity index (χ2n) is 7.17. The number of imidazole rings is 1. The highest BCUT2D eigenvalue weighted by Crippen LogP contribution is 2.26. The molecule has 25 heavy (non-hydrogen) atoms. The highest BCUT2D eigenvalue weighted by molar-refractivity contribution is 5.78. The number of likely N-dealkylation sites (tertiary alicyclic amines) is 1. The number of para-hydroxylation sites is 2. The Balaban J connectivity index is 1.34. The van der Waals surface area contributed by atoms with Crippen LogP contribution in [0.25, 0.3) is 11.0 Å². The van der Waals surface area contributed by atoms with E-state index in [1.54, 1.807) is 0 Å². The van der Waals surface area contributed by atoms with Crippen molar-refractivity contribution in [1.82, 2.24) is 20.2 Å². The van der Waals surface area contributed by atoms with Gasteiger partial charge in [0.15, 0.2) is 0 Å². The Hall–Kier alpha value is -1.92. The molecule has 134 valence electrons. The molecule has 1 aromatic heterocycles. The van der Waals surface area contributed by atoms with Gasteiger partial charge in [0.1, 0.15) is 5.82 Å². The number of benzene rings is 1. The largest absolute Gasteiger partial charge is 0.381 e. The molecule has 0 saturated carbocycles. The Morgan fingerprint density at radius 3 is 2.96 bits per heavy atom. The number of piperidine rings is 1. The van der Waals surface area contributed by atoms with E-state index in [9.17, 15) is 4.79 Å². The smallest absolute Gasteiger partial charge is 0.234 e. The summed E-state index contributed by atoms with van der Waals surface area (Å²) in [5.74, 6) is 1.56. The van der Waals surface area contributed by atoms with Gasteiger partial charge in [0.2, 0.25) is 5.91 Å². The van der Waals surface area contributed by atoms with Gasteiger partial charge in [-0.3, -0.25) is 9.69 Å². The first-order chi connectivity index (χ1) is 12.3. The number of amides is 1. The van der Waals surface area contributed by atoms with Crippen LogP contribution in [-0.4, -0.2) is 59.7 Å². The molecule has 4 rings (SSSR count). The third kappa shape index (κ3) is 4.02. The summed E-state index contributed by atoms with van der Waals surface area (Å²) in [6, 6.07) is 8.42. The maximum Gasteiger partial charge on any atom is 0.234 e. The summed E-state index contributed by atoms with van der Waals surface area (Å²) in [7, 11) is 0. The zero-order chi connectivity index (χ0) is 17.1. The molecular weight excluding hydrogens is 316 g/mol. The number of ether oxygens (including phenoxy) is 1. The van der Waals surface area contributed by atoms with Crippen molar-refractivity contribution in [3.05, 3.63) is 30.1 Å². The molecule has 1 atom stereocenters. The van der Waals surface area contributed by atoms with Crippen molar-refractivity contribution < 1.29 is 9.53 Å². The van der Waals surface area contributed by atoms with Gasteiger partial charge < -0.3 is 15.0 Å². The number of hydrogen-bond acceptors (Lipinski definition) is 4. The van der Waals surface area contributed by atoms with Crippen molar-refractivity contribution in [2.45, 2.75) is 37.6 Å². The number of carbonyl (C=O) groups is 1. The summed E-state index contributed by atoms with van der Waals surface area (Å²) >= 11 is 0. The standard InChI is InChI=1S/C19H26N4O2/c24-18(20-15-7-10-25-11-8-15)13-23-9-3-4-14(12-23)19-21-16-5-1-2-6-17(16)22-19/h1-2,5-6,14-15H,3-4,7-13H2,(H,20,24)(H,21,22). The van der Waals surface area contributed by atoms with Crippen molar-refractivity contribution in [3.8, 4) is 0 Å². The second-order valence-corrected chi connectivity index (χ2v) is 7.17. The monoisotopic (exact) mass is 342 g/mol. The molecule has 2 aliphatic rings. The first-order valence-electron chi connectivity index (χ1n) is 9.32. The molecule has 1 aromatic carbocycles. The summed E-state index contributed by atoms with van der Waals surface area (Å²) in [4.78, 5) is 22.8. The quantitative estimate of drug-likeness (QED) is 0.892. The van der Waals surface area contributed by atoms with Crippen LogP contribution in [0.1, 0.15) is 37.4 Å². The maximum absolute atomic E-state index is 12.3. The number of hydrogen-bond donors (Lipinski definition) is 2. The van der Waals surface area contributed by atoms with E-state index in [1.165, 1.54) is 0 Å². The Morgan fingerprint density at radius 2 is 2.12 bits per heavy atom. The lowest BCUT2D eigenvalue weighted by molar-refractivity contribution is -0.123. The molecule has 2 N–H and O–H groups in total. The molecule has 0 bridgehead atoms. The molecule has 6 nitrogen and oxygen atoms in total. The van der Waals surface area contributed by atoms with Crippen molar-refractivity contribution in [1.29, 1.82) is 0 Å². The Morgan fingerprint density at radius 1 is 1.28 bits per heavy atom. The van der Waals surface area contributed by atoms with Gasteiger partial charge >= 0.3 is 0 Å². The van der Waals surface area contributed by atoms with Crippen LogP contribution in [-0.2, 0) is 9.53 Å². The summed E-state index contributed by atoms with van der Waals surface area (Å²) in [6.45, 7) is 3.86. The first kappa shape index (κ1) is 16.5. The zero-order valence-electron chi connectivity index (χ0n) is 14.5. The maximum atomic E-state index is 12.3. The van der Waals surface area contributed by atoms with E-state index in [4.69, 9.17) is 9.72 Å². The number of aromatic nitrogens is 2. The van der Waals surface area contributed by atoms with E-state index < -0.39 is 0 Å². The third-order valence-corrected chi connectivity index (χ3v) is 5.25. The lowest BCUT2D eigenvalue weighted by Crippen LogP contribution is -2.46. The van der Waals surface area contributed by atoms with E-state index in [0.717, 1.165) is 68.8 Å². The lowest BCUT2D eigenvalue weighted by atomic mass is 9.97. The van der Waals surface area contributed by atoms with Crippen LogP contribution in [0.4, 0.5) is 0 Å². The van der Waals surface area contributed by atoms with Gasteiger partial charge in [-0.2, -0.15) is 0 Å². The summed E-state index contributed by atoms with van der Waals surface area (Å²) < 4.78 is 5.35. The molecule has 0 radical (unpaired) electrons. The number of fused-ring (bicyclic) bond motifs is 1. The Bertz CT molecular complexity index is 690. The number of aromatic amines is 1. The molecule has 2 aliphatic heterocycles. The Kier molecular flexibility index (Phi) is 4.99. The van der Waals surface area contributed by atoms with Gasteiger partial charge in [0.05, 0.1) is 17.6 Å². The van der Waals surface area contributed by atoms with Crippen LogP contribution in [0, 0.1) is 0 Å². The molecule has 6 heteroatoms. The van der Waals surface area contributed by atoms with Crippen LogP contribution in [0.15, 0.2) is 24.3 Å². The van der Waals surface area contributed by atoms with Crippen molar-refractivity contribution >= 4 is 16.9 Å². The number of nitrogens with one attached hydrogen (secondary N) is 2. The Labute approximate surface area is 147 Å². The molecule has 3 heterocycles. The van der Waals surface area contributed by atoms with E-state index >= 15 is 0 Å². The van der Waals surface area contributed by atoms with Crippen molar-refractivity contribution in [2.75, 3.05) is 32.8 Å². The summed E-state index contributed by atoms with van der Waals surface area (Å²) in [5.41, 5.74) is 2.11. The van der Waals surface area contributed by atoms with Gasteiger partial charge in [-0.1, -0.05) is 12.1 Å². The zero-order valence-corrected chi connectivity index (χ0v) is 14.5. The van der Waals surface area contributed by atoms with E-state index in [1.807, 2.05) is 18.2 Å². The topological polar surface area (TPSA) is 70.2 Å². The number of nitrogens with zero attached hydrogens (tertiary/aromatic N) is 2. The van der Waals surface area contributed by atoms with Crippen LogP contribution in [0.5, 0.6) is 0 Å². The van der Waals surface area contributed by atoms with Crippen molar-refractivity contribution in [3.63, 3.8) is 0 Å². The predicted molar refractivity (Wildman–Crippen MR) is 96.5 cm³/mol. The second kappa shape index (κ2) is 7.54. The van der Waals surface area contributed by atoms with Crippen LogP contribution < -0.4 is 5.32 Å². The number of carbonyl (C=O) groups excluding carboxylic acids is 1. The van der Waals surface area contributed by atoms with Crippen molar-refractivity contribution in [2.24, 2.45) is 0 Å². The molecule has 2 saturated heterocycles. The normalized spacial score (nSPS) is 23.0. The van der Waals surface area contributed by atoms with Gasteiger partial charge in [-0.15, -0.1) is 0 Å². The van der Waals surface area contributed by atoms with Crippen LogP contribution in [0.2, 0.25) is 0 Å².